The van der Waals surface area contributed by atoms with Crippen molar-refractivity contribution in [1.82, 2.24) is 20.0 Å². The van der Waals surface area contributed by atoms with Crippen molar-refractivity contribution in [3.63, 3.8) is 0 Å². The average Bonchev–Trinajstić information content (AvgIpc) is 2.98. The molecule has 0 aliphatic carbocycles. The topological polar surface area (TPSA) is 50.2 Å². The van der Waals surface area contributed by atoms with Gasteiger partial charge in [-0.05, 0) is 62.4 Å². The molecule has 1 aromatic heterocycles. The van der Waals surface area contributed by atoms with E-state index in [-0.39, 0.29) is 11.7 Å². The normalized spacial score (nSPS) is 16.8. The summed E-state index contributed by atoms with van der Waals surface area (Å²) in [5, 5.41) is 7.82. The second-order valence-corrected chi connectivity index (χ2v) is 9.13. The molecule has 0 radical (unpaired) electrons. The summed E-state index contributed by atoms with van der Waals surface area (Å²) in [6.07, 6.45) is 2.41. The molecule has 0 spiro atoms. The Bertz CT molecular complexity index is 857. The van der Waals surface area contributed by atoms with Crippen molar-refractivity contribution >= 4 is 17.5 Å². The lowest BCUT2D eigenvalue weighted by Crippen LogP contribution is -2.49. The number of nitrogens with one attached hydrogen (secondary N) is 1. The predicted molar refractivity (Wildman–Crippen MR) is 118 cm³/mol. The summed E-state index contributed by atoms with van der Waals surface area (Å²) in [7, 11) is 0. The van der Waals surface area contributed by atoms with E-state index in [0.717, 1.165) is 24.6 Å². The number of rotatable bonds is 7. The number of likely N-dealkylation sites (tertiary alicyclic amines) is 1. The van der Waals surface area contributed by atoms with Gasteiger partial charge in [-0.3, -0.25) is 9.69 Å². The minimum atomic E-state index is -0.288. The molecule has 1 aromatic carbocycles. The largest absolute Gasteiger partial charge is 0.350 e. The van der Waals surface area contributed by atoms with Crippen LogP contribution in [-0.4, -0.2) is 46.3 Å². The Morgan fingerprint density at radius 2 is 1.90 bits per heavy atom. The van der Waals surface area contributed by atoms with Gasteiger partial charge in [0.2, 0.25) is 0 Å². The molecule has 1 unspecified atom stereocenters. The number of hydrogen-bond acceptors (Lipinski definition) is 3. The van der Waals surface area contributed by atoms with Gasteiger partial charge in [-0.25, -0.2) is 9.07 Å². The van der Waals surface area contributed by atoms with Crippen molar-refractivity contribution in [3.05, 3.63) is 52.1 Å². The molecule has 1 atom stereocenters. The smallest absolute Gasteiger partial charge is 0.256 e. The highest BCUT2D eigenvalue weighted by atomic mass is 35.5. The Kier molecular flexibility index (Phi) is 7.53. The lowest BCUT2D eigenvalue weighted by Gasteiger charge is -2.38. The number of carbonyl (C=O) groups is 1. The summed E-state index contributed by atoms with van der Waals surface area (Å²) in [4.78, 5) is 15.4. The molecule has 2 aromatic rings. The number of hydrogen-bond donors (Lipinski definition) is 1. The van der Waals surface area contributed by atoms with Gasteiger partial charge in [-0.15, -0.1) is 0 Å². The maximum Gasteiger partial charge on any atom is 0.256 e. The Morgan fingerprint density at radius 1 is 1.27 bits per heavy atom. The fraction of sp³-hybridized carbons (Fsp3) is 0.565. The standard InChI is InChI=1S/C23H32ClFN4O/c1-15(2)20(28-11-9-16(3)10-12-28)13-26-23(30)21-17(4)27-29(22(21)24)14-18-5-7-19(25)8-6-18/h5-8,15-16,20H,9-14H2,1-4H3,(H,26,30). The molecular weight excluding hydrogens is 403 g/mol. The first-order valence-electron chi connectivity index (χ1n) is 10.8. The molecule has 0 bridgehead atoms. The maximum atomic E-state index is 13.1. The molecule has 1 saturated heterocycles. The number of aryl methyl sites for hydroxylation is 1. The summed E-state index contributed by atoms with van der Waals surface area (Å²) in [6.45, 7) is 11.6. The Balaban J connectivity index is 1.67. The highest BCUT2D eigenvalue weighted by Crippen LogP contribution is 2.23. The van der Waals surface area contributed by atoms with Gasteiger partial charge in [0.1, 0.15) is 11.0 Å². The molecule has 0 saturated carbocycles. The maximum absolute atomic E-state index is 13.1. The number of carbonyl (C=O) groups excluding carboxylic acids is 1. The van der Waals surface area contributed by atoms with Crippen LogP contribution < -0.4 is 5.32 Å². The van der Waals surface area contributed by atoms with E-state index in [2.05, 4.69) is 36.1 Å². The number of amides is 1. The third kappa shape index (κ3) is 5.41. The zero-order valence-electron chi connectivity index (χ0n) is 18.3. The number of nitrogens with zero attached hydrogens (tertiary/aromatic N) is 3. The molecule has 30 heavy (non-hydrogen) atoms. The Hall–Kier alpha value is -1.92. The zero-order chi connectivity index (χ0) is 21.8. The first-order chi connectivity index (χ1) is 14.3. The van der Waals surface area contributed by atoms with Gasteiger partial charge in [0.15, 0.2) is 0 Å². The van der Waals surface area contributed by atoms with Gasteiger partial charge >= 0.3 is 0 Å². The van der Waals surface area contributed by atoms with Crippen molar-refractivity contribution < 1.29 is 9.18 Å². The van der Waals surface area contributed by atoms with Crippen LogP contribution in [0.25, 0.3) is 0 Å². The van der Waals surface area contributed by atoms with Crippen LogP contribution in [-0.2, 0) is 6.54 Å². The third-order valence-electron chi connectivity index (χ3n) is 6.07. The van der Waals surface area contributed by atoms with E-state index in [1.54, 1.807) is 23.7 Å². The van der Waals surface area contributed by atoms with Crippen molar-refractivity contribution in [1.29, 1.82) is 0 Å². The number of benzene rings is 1. The van der Waals surface area contributed by atoms with Gasteiger partial charge in [0.25, 0.3) is 5.91 Å². The monoisotopic (exact) mass is 434 g/mol. The lowest BCUT2D eigenvalue weighted by atomic mass is 9.94. The Labute approximate surface area is 183 Å². The summed E-state index contributed by atoms with van der Waals surface area (Å²) in [6, 6.07) is 6.49. The molecule has 164 valence electrons. The van der Waals surface area contributed by atoms with E-state index in [1.807, 2.05) is 0 Å². The highest BCUT2D eigenvalue weighted by Gasteiger charge is 2.27. The van der Waals surface area contributed by atoms with E-state index in [0.29, 0.717) is 41.5 Å². The van der Waals surface area contributed by atoms with Gasteiger partial charge in [-0.1, -0.05) is 44.5 Å². The van der Waals surface area contributed by atoms with E-state index in [1.165, 1.54) is 25.0 Å². The molecule has 1 N–H and O–H groups in total. The fourth-order valence-corrected chi connectivity index (χ4v) is 4.43. The minimum absolute atomic E-state index is 0.195. The molecule has 3 rings (SSSR count). The molecule has 1 fully saturated rings. The van der Waals surface area contributed by atoms with E-state index >= 15 is 0 Å². The SMILES string of the molecule is Cc1nn(Cc2ccc(F)cc2)c(Cl)c1C(=O)NCC(C(C)C)N1CCC(C)CC1. The zero-order valence-corrected chi connectivity index (χ0v) is 19.0. The molecule has 1 aliphatic rings. The van der Waals surface area contributed by atoms with Gasteiger partial charge in [0.05, 0.1) is 17.8 Å². The second kappa shape index (κ2) is 9.92. The Morgan fingerprint density at radius 3 is 2.50 bits per heavy atom. The highest BCUT2D eigenvalue weighted by molar-refractivity contribution is 6.33. The number of halogens is 2. The van der Waals surface area contributed by atoms with E-state index in [4.69, 9.17) is 11.6 Å². The molecule has 1 aliphatic heterocycles. The van der Waals surface area contributed by atoms with Crippen molar-refractivity contribution in [3.8, 4) is 0 Å². The van der Waals surface area contributed by atoms with Crippen LogP contribution in [0.3, 0.4) is 0 Å². The quantitative estimate of drug-likeness (QED) is 0.697. The van der Waals surface area contributed by atoms with Crippen molar-refractivity contribution in [2.24, 2.45) is 11.8 Å². The van der Waals surface area contributed by atoms with Crippen LogP contribution in [0, 0.1) is 24.6 Å². The summed E-state index contributed by atoms with van der Waals surface area (Å²) in [5.41, 5.74) is 1.87. The lowest BCUT2D eigenvalue weighted by molar-refractivity contribution is 0.0862. The molecule has 2 heterocycles. The predicted octanol–water partition coefficient (Wildman–Crippen LogP) is 4.52. The number of piperidine rings is 1. The first-order valence-corrected chi connectivity index (χ1v) is 11.1. The minimum Gasteiger partial charge on any atom is -0.350 e. The van der Waals surface area contributed by atoms with Crippen LogP contribution in [0.15, 0.2) is 24.3 Å². The van der Waals surface area contributed by atoms with Gasteiger partial charge in [-0.2, -0.15) is 5.10 Å². The summed E-state index contributed by atoms with van der Waals surface area (Å²) < 4.78 is 14.7. The van der Waals surface area contributed by atoms with E-state index < -0.39 is 0 Å². The summed E-state index contributed by atoms with van der Waals surface area (Å²) >= 11 is 6.50. The van der Waals surface area contributed by atoms with Crippen LogP contribution in [0.1, 0.15) is 55.2 Å². The molecule has 5 nitrogen and oxygen atoms in total. The number of aromatic nitrogens is 2. The van der Waals surface area contributed by atoms with Crippen LogP contribution in [0.4, 0.5) is 4.39 Å². The first kappa shape index (κ1) is 22.8. The van der Waals surface area contributed by atoms with Gasteiger partial charge < -0.3 is 5.32 Å². The van der Waals surface area contributed by atoms with Crippen LogP contribution in [0.2, 0.25) is 5.15 Å². The van der Waals surface area contributed by atoms with Crippen molar-refractivity contribution in [2.75, 3.05) is 19.6 Å². The third-order valence-corrected chi connectivity index (χ3v) is 6.45. The fourth-order valence-electron chi connectivity index (χ4n) is 4.11. The van der Waals surface area contributed by atoms with Crippen LogP contribution in [0.5, 0.6) is 0 Å². The summed E-state index contributed by atoms with van der Waals surface area (Å²) in [5.74, 6) is 0.733. The molecular formula is C23H32ClFN4O. The van der Waals surface area contributed by atoms with Crippen LogP contribution >= 0.6 is 11.6 Å². The van der Waals surface area contributed by atoms with Crippen molar-refractivity contribution in [2.45, 2.75) is 53.1 Å². The average molecular weight is 435 g/mol. The molecule has 1 amide bonds. The van der Waals surface area contributed by atoms with E-state index in [9.17, 15) is 9.18 Å². The second-order valence-electron chi connectivity index (χ2n) is 8.78. The molecule has 7 heteroatoms. The van der Waals surface area contributed by atoms with Gasteiger partial charge in [0, 0.05) is 12.6 Å².